The van der Waals surface area contributed by atoms with E-state index in [1.807, 2.05) is 84.0 Å². The zero-order valence-corrected chi connectivity index (χ0v) is 31.9. The van der Waals surface area contributed by atoms with E-state index < -0.39 is 52.6 Å². The standard InChI is InChI=1S/C41H53N5O7/c1-8-52-34-23(2)16-27(17-24(34)3)31-20-41(53-45-31)21-32(37(49)43-30(18-25-14-15-25)33(47)38(50)42-7)46(22-41)39(51)35(40(4,5)6)44-36(48)29-19-28(29)26-12-10-9-11-13-26/h9-13,16-17,25,28-30,32,35H,8,14-15,18-22H2,1-7H3,(H,42,50)(H,43,49)(H,44,48)/t28-,29+,30-,32-,35+,41+/m0/s1. The van der Waals surface area contributed by atoms with E-state index in [1.165, 1.54) is 11.9 Å². The van der Waals surface area contributed by atoms with Crippen LogP contribution >= 0.6 is 0 Å². The Balaban J connectivity index is 1.26. The van der Waals surface area contributed by atoms with Gasteiger partial charge in [-0.15, -0.1) is 0 Å². The highest BCUT2D eigenvalue weighted by atomic mass is 16.7. The molecule has 2 aliphatic carbocycles. The zero-order chi connectivity index (χ0) is 38.2. The van der Waals surface area contributed by atoms with Gasteiger partial charge in [-0.1, -0.05) is 69.1 Å². The van der Waals surface area contributed by atoms with E-state index >= 15 is 0 Å². The van der Waals surface area contributed by atoms with Crippen molar-refractivity contribution in [2.45, 2.75) is 110 Å². The van der Waals surface area contributed by atoms with Gasteiger partial charge in [-0.2, -0.15) is 0 Å². The highest BCUT2D eigenvalue weighted by molar-refractivity contribution is 6.38. The molecule has 284 valence electrons. The van der Waals surface area contributed by atoms with Crippen molar-refractivity contribution in [2.24, 2.45) is 22.4 Å². The Morgan fingerprint density at radius 1 is 1.02 bits per heavy atom. The van der Waals surface area contributed by atoms with Crippen molar-refractivity contribution in [2.75, 3.05) is 20.2 Å². The van der Waals surface area contributed by atoms with Gasteiger partial charge < -0.3 is 30.4 Å². The van der Waals surface area contributed by atoms with E-state index in [2.05, 4.69) is 21.1 Å². The van der Waals surface area contributed by atoms with E-state index in [1.54, 1.807) is 0 Å². The number of amides is 4. The van der Waals surface area contributed by atoms with Crippen LogP contribution in [0.15, 0.2) is 47.6 Å². The average Bonchev–Trinajstić information content (AvgIpc) is 4.05. The fourth-order valence-electron chi connectivity index (χ4n) is 7.86. The van der Waals surface area contributed by atoms with Crippen LogP contribution in [0.1, 0.15) is 94.4 Å². The van der Waals surface area contributed by atoms with Gasteiger partial charge in [-0.25, -0.2) is 0 Å². The number of nitrogens with one attached hydrogen (secondary N) is 3. The van der Waals surface area contributed by atoms with Crippen LogP contribution in [0, 0.1) is 31.1 Å². The Bertz CT molecular complexity index is 1780. The molecule has 6 atom stereocenters. The highest BCUT2D eigenvalue weighted by Gasteiger charge is 2.56. The lowest BCUT2D eigenvalue weighted by molar-refractivity contribution is -0.145. The predicted molar refractivity (Wildman–Crippen MR) is 199 cm³/mol. The van der Waals surface area contributed by atoms with Gasteiger partial charge >= 0.3 is 0 Å². The second kappa shape index (κ2) is 14.9. The number of carbonyl (C=O) groups excluding carboxylic acids is 5. The summed E-state index contributed by atoms with van der Waals surface area (Å²) in [6, 6.07) is 10.8. The third-order valence-electron chi connectivity index (χ3n) is 11.0. The second-order valence-corrected chi connectivity index (χ2v) is 16.4. The number of carbonyl (C=O) groups is 5. The van der Waals surface area contributed by atoms with Gasteiger partial charge in [-0.3, -0.25) is 24.0 Å². The van der Waals surface area contributed by atoms with Crippen molar-refractivity contribution in [3.63, 3.8) is 0 Å². The number of benzene rings is 2. The summed E-state index contributed by atoms with van der Waals surface area (Å²) in [4.78, 5) is 76.0. The van der Waals surface area contributed by atoms with E-state index in [0.29, 0.717) is 31.6 Å². The maximum Gasteiger partial charge on any atom is 0.289 e. The topological polar surface area (TPSA) is 156 Å². The van der Waals surface area contributed by atoms with Crippen LogP contribution in [0.4, 0.5) is 0 Å². The van der Waals surface area contributed by atoms with Crippen molar-refractivity contribution < 1.29 is 33.5 Å². The minimum absolute atomic E-state index is 0.0428. The number of hydrogen-bond donors (Lipinski definition) is 3. The van der Waals surface area contributed by atoms with Crippen LogP contribution in [0.25, 0.3) is 0 Å². The van der Waals surface area contributed by atoms with Gasteiger partial charge in [-0.05, 0) is 79.7 Å². The van der Waals surface area contributed by atoms with Crippen molar-refractivity contribution in [3.8, 4) is 5.75 Å². The molecule has 0 unspecified atom stereocenters. The van der Waals surface area contributed by atoms with E-state index in [9.17, 15) is 24.0 Å². The molecule has 1 spiro atoms. The number of Topliss-reactive ketones (excluding diaryl/α,β-unsaturated/α-hetero) is 1. The minimum Gasteiger partial charge on any atom is -0.493 e. The van der Waals surface area contributed by atoms with Crippen molar-refractivity contribution in [1.29, 1.82) is 0 Å². The van der Waals surface area contributed by atoms with E-state index in [0.717, 1.165) is 40.8 Å². The summed E-state index contributed by atoms with van der Waals surface area (Å²) in [5.41, 5.74) is 2.83. The molecule has 1 saturated heterocycles. The maximum absolute atomic E-state index is 14.8. The lowest BCUT2D eigenvalue weighted by Crippen LogP contribution is -2.59. The van der Waals surface area contributed by atoms with Gasteiger partial charge in [0.05, 0.1) is 24.9 Å². The second-order valence-electron chi connectivity index (χ2n) is 16.4. The molecule has 2 heterocycles. The number of hydrogen-bond acceptors (Lipinski definition) is 8. The Morgan fingerprint density at radius 2 is 1.70 bits per heavy atom. The lowest BCUT2D eigenvalue weighted by Gasteiger charge is -2.35. The van der Waals surface area contributed by atoms with E-state index in [-0.39, 0.29) is 36.6 Å². The summed E-state index contributed by atoms with van der Waals surface area (Å²) in [6.45, 7) is 12.1. The molecule has 53 heavy (non-hydrogen) atoms. The van der Waals surface area contributed by atoms with Gasteiger partial charge in [0, 0.05) is 31.4 Å². The predicted octanol–water partition coefficient (Wildman–Crippen LogP) is 4.10. The molecule has 0 bridgehead atoms. The highest BCUT2D eigenvalue weighted by Crippen LogP contribution is 2.48. The summed E-state index contributed by atoms with van der Waals surface area (Å²) >= 11 is 0. The number of rotatable bonds is 13. The quantitative estimate of drug-likeness (QED) is 0.263. The van der Waals surface area contributed by atoms with Gasteiger partial charge in [0.1, 0.15) is 17.8 Å². The number of ketones is 1. The van der Waals surface area contributed by atoms with Gasteiger partial charge in [0.15, 0.2) is 5.60 Å². The molecule has 2 saturated carbocycles. The Morgan fingerprint density at radius 3 is 2.30 bits per heavy atom. The monoisotopic (exact) mass is 727 g/mol. The maximum atomic E-state index is 14.8. The number of oxime groups is 1. The van der Waals surface area contributed by atoms with Crippen molar-refractivity contribution in [1.82, 2.24) is 20.9 Å². The Kier molecular flexibility index (Phi) is 10.7. The minimum atomic E-state index is -1.04. The summed E-state index contributed by atoms with van der Waals surface area (Å²) in [5, 5.41) is 12.8. The largest absolute Gasteiger partial charge is 0.493 e. The molecule has 2 aromatic rings. The third kappa shape index (κ3) is 8.26. The molecular formula is C41H53N5O7. The molecule has 12 nitrogen and oxygen atoms in total. The molecule has 4 aliphatic rings. The first-order valence-corrected chi connectivity index (χ1v) is 18.9. The first kappa shape index (κ1) is 38.0. The molecule has 2 aliphatic heterocycles. The molecule has 6 rings (SSSR count). The zero-order valence-electron chi connectivity index (χ0n) is 31.9. The summed E-state index contributed by atoms with van der Waals surface area (Å²) < 4.78 is 5.84. The average molecular weight is 728 g/mol. The van der Waals surface area contributed by atoms with Crippen LogP contribution < -0.4 is 20.7 Å². The van der Waals surface area contributed by atoms with Crippen LogP contribution in [0.3, 0.4) is 0 Å². The van der Waals surface area contributed by atoms with Crippen LogP contribution in [-0.2, 0) is 28.8 Å². The SMILES string of the molecule is CCOc1c(C)cc(C2=NO[C@]3(C2)C[C@@H](C(=O)N[C@@H](CC2CC2)C(=O)C(=O)NC)N(C(=O)[C@@H](NC(=O)[C@@H]2C[C@H]2c2ccccc2)C(C)(C)C)C3)cc1C. The molecule has 2 aromatic carbocycles. The van der Waals surface area contributed by atoms with Crippen LogP contribution in [0.2, 0.25) is 0 Å². The third-order valence-corrected chi connectivity index (χ3v) is 11.0. The molecular weight excluding hydrogens is 674 g/mol. The fraction of sp³-hybridized carbons (Fsp3) is 0.561. The van der Waals surface area contributed by atoms with Gasteiger partial charge in [0.25, 0.3) is 5.91 Å². The number of likely N-dealkylation sites (tertiary alicyclic amines) is 1. The summed E-state index contributed by atoms with van der Waals surface area (Å²) in [7, 11) is 1.38. The Hall–Kier alpha value is -4.74. The van der Waals surface area contributed by atoms with Crippen molar-refractivity contribution >= 4 is 35.1 Å². The van der Waals surface area contributed by atoms with Crippen LogP contribution in [0.5, 0.6) is 5.75 Å². The number of nitrogens with zero attached hydrogens (tertiary/aromatic N) is 2. The fourth-order valence-corrected chi connectivity index (χ4v) is 7.86. The Labute approximate surface area is 311 Å². The smallest absolute Gasteiger partial charge is 0.289 e. The van der Waals surface area contributed by atoms with E-state index in [4.69, 9.17) is 9.57 Å². The molecule has 3 fully saturated rings. The lowest BCUT2D eigenvalue weighted by atomic mass is 9.85. The first-order chi connectivity index (χ1) is 25.1. The molecule has 0 aromatic heterocycles. The first-order valence-electron chi connectivity index (χ1n) is 18.9. The number of aryl methyl sites for hydroxylation is 2. The van der Waals surface area contributed by atoms with Gasteiger partial charge in [0.2, 0.25) is 23.5 Å². The summed E-state index contributed by atoms with van der Waals surface area (Å²) in [5.74, 6) is -1.79. The number of ether oxygens (including phenoxy) is 1. The van der Waals surface area contributed by atoms with Crippen molar-refractivity contribution in [3.05, 3.63) is 64.7 Å². The molecule has 12 heteroatoms. The molecule has 4 amide bonds. The molecule has 0 radical (unpaired) electrons. The normalized spacial score (nSPS) is 24.5. The summed E-state index contributed by atoms with van der Waals surface area (Å²) in [6.07, 6.45) is 3.32. The van der Waals surface area contributed by atoms with Crippen LogP contribution in [-0.4, -0.2) is 83.9 Å². The molecule has 3 N–H and O–H groups in total. The number of likely N-dealkylation sites (N-methyl/N-ethyl adjacent to an activating group) is 1.